The van der Waals surface area contributed by atoms with E-state index in [2.05, 4.69) is 0 Å². The number of rotatable bonds is 4. The lowest BCUT2D eigenvalue weighted by Gasteiger charge is -2.33. The molecular formula is C10H18O4. The van der Waals surface area contributed by atoms with Gasteiger partial charge in [-0.15, -0.1) is 0 Å². The van der Waals surface area contributed by atoms with E-state index in [0.29, 0.717) is 32.7 Å². The van der Waals surface area contributed by atoms with Crippen LogP contribution in [0, 0.1) is 5.41 Å². The van der Waals surface area contributed by atoms with Gasteiger partial charge in [-0.25, -0.2) is 0 Å². The molecular weight excluding hydrogens is 184 g/mol. The third kappa shape index (κ3) is 2.69. The van der Waals surface area contributed by atoms with Gasteiger partial charge in [-0.3, -0.25) is 4.79 Å². The standard InChI is InChI=1S/C10H18O4/c1-8(2)14-7-10(9(11)12)3-5-13-6-4-10/h8H,3-7H2,1-2H3,(H,11,12). The molecule has 1 fully saturated rings. The first-order valence-electron chi connectivity index (χ1n) is 4.99. The average molecular weight is 202 g/mol. The highest BCUT2D eigenvalue weighted by Gasteiger charge is 2.40. The summed E-state index contributed by atoms with van der Waals surface area (Å²) in [6, 6.07) is 0. The first-order chi connectivity index (χ1) is 6.57. The Bertz CT molecular complexity index is 194. The van der Waals surface area contributed by atoms with E-state index in [4.69, 9.17) is 14.6 Å². The molecule has 14 heavy (non-hydrogen) atoms. The van der Waals surface area contributed by atoms with Crippen LogP contribution >= 0.6 is 0 Å². The molecule has 0 aromatic heterocycles. The zero-order valence-electron chi connectivity index (χ0n) is 8.78. The molecule has 0 amide bonds. The zero-order valence-corrected chi connectivity index (χ0v) is 8.78. The van der Waals surface area contributed by atoms with E-state index in [0.717, 1.165) is 0 Å². The maximum Gasteiger partial charge on any atom is 0.312 e. The van der Waals surface area contributed by atoms with E-state index >= 15 is 0 Å². The minimum atomic E-state index is -0.763. The molecule has 0 radical (unpaired) electrons. The van der Waals surface area contributed by atoms with E-state index in [1.807, 2.05) is 13.8 Å². The van der Waals surface area contributed by atoms with Crippen molar-refractivity contribution in [1.82, 2.24) is 0 Å². The molecule has 0 saturated carbocycles. The highest BCUT2D eigenvalue weighted by molar-refractivity contribution is 5.74. The quantitative estimate of drug-likeness (QED) is 0.746. The van der Waals surface area contributed by atoms with Gasteiger partial charge in [0, 0.05) is 13.2 Å². The number of hydrogen-bond acceptors (Lipinski definition) is 3. The van der Waals surface area contributed by atoms with Crippen molar-refractivity contribution >= 4 is 5.97 Å². The fourth-order valence-corrected chi connectivity index (χ4v) is 1.51. The van der Waals surface area contributed by atoms with Gasteiger partial charge in [0.05, 0.1) is 18.1 Å². The van der Waals surface area contributed by atoms with E-state index in [-0.39, 0.29) is 6.10 Å². The second kappa shape index (κ2) is 4.75. The number of carboxylic acids is 1. The summed E-state index contributed by atoms with van der Waals surface area (Å²) in [6.45, 7) is 5.16. The Morgan fingerprint density at radius 3 is 2.50 bits per heavy atom. The number of hydrogen-bond donors (Lipinski definition) is 1. The number of carbonyl (C=O) groups is 1. The third-order valence-corrected chi connectivity index (χ3v) is 2.60. The summed E-state index contributed by atoms with van der Waals surface area (Å²) in [5.41, 5.74) is -0.720. The van der Waals surface area contributed by atoms with Crippen LogP contribution in [0.25, 0.3) is 0 Å². The Hall–Kier alpha value is -0.610. The van der Waals surface area contributed by atoms with Crippen molar-refractivity contribution in [3.8, 4) is 0 Å². The van der Waals surface area contributed by atoms with E-state index < -0.39 is 11.4 Å². The Morgan fingerprint density at radius 1 is 1.50 bits per heavy atom. The molecule has 4 heteroatoms. The third-order valence-electron chi connectivity index (χ3n) is 2.60. The van der Waals surface area contributed by atoms with Crippen LogP contribution < -0.4 is 0 Å². The first kappa shape index (κ1) is 11.5. The Kier molecular flexibility index (Phi) is 3.89. The number of aliphatic carboxylic acids is 1. The smallest absolute Gasteiger partial charge is 0.312 e. The molecule has 4 nitrogen and oxygen atoms in total. The van der Waals surface area contributed by atoms with Gasteiger partial charge in [0.2, 0.25) is 0 Å². The number of ether oxygens (including phenoxy) is 2. The summed E-state index contributed by atoms with van der Waals surface area (Å²) in [5.74, 6) is -0.763. The van der Waals surface area contributed by atoms with Crippen molar-refractivity contribution in [2.75, 3.05) is 19.8 Å². The summed E-state index contributed by atoms with van der Waals surface area (Å²) >= 11 is 0. The van der Waals surface area contributed by atoms with E-state index in [1.54, 1.807) is 0 Å². The predicted octanol–water partition coefficient (Wildman–Crippen LogP) is 1.29. The van der Waals surface area contributed by atoms with Crippen LogP contribution in [-0.4, -0.2) is 37.0 Å². The van der Waals surface area contributed by atoms with Crippen molar-refractivity contribution in [3.63, 3.8) is 0 Å². The van der Waals surface area contributed by atoms with Gasteiger partial charge in [0.1, 0.15) is 0 Å². The van der Waals surface area contributed by atoms with Crippen molar-refractivity contribution in [2.24, 2.45) is 5.41 Å². The average Bonchev–Trinajstić information content (AvgIpc) is 2.16. The van der Waals surface area contributed by atoms with Crippen LogP contribution in [0.15, 0.2) is 0 Å². The molecule has 1 rings (SSSR count). The minimum Gasteiger partial charge on any atom is -0.481 e. The van der Waals surface area contributed by atoms with Crippen LogP contribution in [0.1, 0.15) is 26.7 Å². The maximum absolute atomic E-state index is 11.2. The molecule has 0 aromatic rings. The predicted molar refractivity (Wildman–Crippen MR) is 51.2 cm³/mol. The minimum absolute atomic E-state index is 0.0778. The fraction of sp³-hybridized carbons (Fsp3) is 0.900. The molecule has 0 unspecified atom stereocenters. The molecule has 0 aliphatic carbocycles. The van der Waals surface area contributed by atoms with Gasteiger partial charge < -0.3 is 14.6 Å². The van der Waals surface area contributed by atoms with Gasteiger partial charge in [0.25, 0.3) is 0 Å². The van der Waals surface area contributed by atoms with Crippen LogP contribution in [0.2, 0.25) is 0 Å². The summed E-state index contributed by atoms with van der Waals surface area (Å²) < 4.78 is 10.6. The molecule has 0 bridgehead atoms. The normalized spacial score (nSPS) is 21.1. The second-order valence-electron chi connectivity index (χ2n) is 4.06. The van der Waals surface area contributed by atoms with Crippen LogP contribution in [0.3, 0.4) is 0 Å². The van der Waals surface area contributed by atoms with Crippen molar-refractivity contribution < 1.29 is 19.4 Å². The monoisotopic (exact) mass is 202 g/mol. The van der Waals surface area contributed by atoms with Gasteiger partial charge in [-0.2, -0.15) is 0 Å². The summed E-state index contributed by atoms with van der Waals surface area (Å²) in [6.07, 6.45) is 1.18. The Labute approximate surface area is 84.2 Å². The summed E-state index contributed by atoms with van der Waals surface area (Å²) in [4.78, 5) is 11.2. The van der Waals surface area contributed by atoms with Gasteiger partial charge >= 0.3 is 5.97 Å². The largest absolute Gasteiger partial charge is 0.481 e. The molecule has 0 spiro atoms. The van der Waals surface area contributed by atoms with E-state index in [9.17, 15) is 4.79 Å². The summed E-state index contributed by atoms with van der Waals surface area (Å²) in [7, 11) is 0. The molecule has 0 aromatic carbocycles. The lowest BCUT2D eigenvalue weighted by molar-refractivity contribution is -0.162. The molecule has 1 aliphatic heterocycles. The van der Waals surface area contributed by atoms with Crippen LogP contribution in [0.5, 0.6) is 0 Å². The van der Waals surface area contributed by atoms with Crippen LogP contribution in [-0.2, 0) is 14.3 Å². The second-order valence-corrected chi connectivity index (χ2v) is 4.06. The molecule has 1 aliphatic rings. The van der Waals surface area contributed by atoms with Gasteiger partial charge in [-0.05, 0) is 26.7 Å². The molecule has 1 N–H and O–H groups in total. The Morgan fingerprint density at radius 2 is 2.07 bits per heavy atom. The van der Waals surface area contributed by atoms with Crippen molar-refractivity contribution in [3.05, 3.63) is 0 Å². The van der Waals surface area contributed by atoms with Gasteiger partial charge in [-0.1, -0.05) is 0 Å². The van der Waals surface area contributed by atoms with E-state index in [1.165, 1.54) is 0 Å². The first-order valence-corrected chi connectivity index (χ1v) is 4.99. The maximum atomic E-state index is 11.2. The lowest BCUT2D eigenvalue weighted by atomic mass is 9.81. The lowest BCUT2D eigenvalue weighted by Crippen LogP contribution is -2.41. The SMILES string of the molecule is CC(C)OCC1(C(=O)O)CCOCC1. The highest BCUT2D eigenvalue weighted by Crippen LogP contribution is 2.31. The zero-order chi connectivity index (χ0) is 10.6. The van der Waals surface area contributed by atoms with Crippen molar-refractivity contribution in [1.29, 1.82) is 0 Å². The molecule has 82 valence electrons. The summed E-state index contributed by atoms with van der Waals surface area (Å²) in [5, 5.41) is 9.17. The number of carboxylic acid groups (broad SMARTS) is 1. The molecule has 1 saturated heterocycles. The van der Waals surface area contributed by atoms with Crippen LogP contribution in [0.4, 0.5) is 0 Å². The van der Waals surface area contributed by atoms with Crippen molar-refractivity contribution in [2.45, 2.75) is 32.8 Å². The highest BCUT2D eigenvalue weighted by atomic mass is 16.5. The van der Waals surface area contributed by atoms with Gasteiger partial charge in [0.15, 0.2) is 0 Å². The molecule has 1 heterocycles. The fourth-order valence-electron chi connectivity index (χ4n) is 1.51. The Balaban J connectivity index is 2.56. The topological polar surface area (TPSA) is 55.8 Å². The molecule has 0 atom stereocenters.